The molecule has 2 amide bonds. The molecule has 0 spiro atoms. The van der Waals surface area contributed by atoms with Crippen molar-refractivity contribution in [2.24, 2.45) is 0 Å². The molecule has 0 heterocycles. The number of rotatable bonds is 6. The maximum Gasteiger partial charge on any atom is 0.322 e. The van der Waals surface area contributed by atoms with Crippen molar-refractivity contribution < 1.29 is 9.18 Å². The third-order valence-corrected chi connectivity index (χ3v) is 5.63. The largest absolute Gasteiger partial charge is 0.322 e. The number of para-hydroxylation sites is 1. The van der Waals surface area contributed by atoms with Crippen LogP contribution in [0.25, 0.3) is 0 Å². The lowest BCUT2D eigenvalue weighted by molar-refractivity contribution is 0.210. The smallest absolute Gasteiger partial charge is 0.320 e. The van der Waals surface area contributed by atoms with Gasteiger partial charge in [-0.1, -0.05) is 53.5 Å². The Morgan fingerprint density at radius 2 is 1.76 bits per heavy atom. The summed E-state index contributed by atoms with van der Waals surface area (Å²) in [6.45, 7) is 0.761. The van der Waals surface area contributed by atoms with Crippen LogP contribution in [0.15, 0.2) is 71.2 Å². The van der Waals surface area contributed by atoms with Crippen LogP contribution in [-0.4, -0.2) is 17.5 Å². The van der Waals surface area contributed by atoms with Gasteiger partial charge in [-0.05, 0) is 69.9 Å². The van der Waals surface area contributed by atoms with Gasteiger partial charge in [-0.25, -0.2) is 9.18 Å². The number of carbonyl (C=O) groups excluding carboxylic acids is 1. The minimum Gasteiger partial charge on any atom is -0.320 e. The lowest BCUT2D eigenvalue weighted by Crippen LogP contribution is -2.36. The van der Waals surface area contributed by atoms with Crippen molar-refractivity contribution in [1.82, 2.24) is 4.90 Å². The number of hydrogen-bond donors (Lipinski definition) is 1. The van der Waals surface area contributed by atoms with Crippen molar-refractivity contribution in [2.45, 2.75) is 13.0 Å². The predicted molar refractivity (Wildman–Crippen MR) is 120 cm³/mol. The Bertz CT molecular complexity index is 998. The average molecular weight is 496 g/mol. The van der Waals surface area contributed by atoms with Gasteiger partial charge in [0.05, 0.1) is 5.69 Å². The zero-order valence-electron chi connectivity index (χ0n) is 15.3. The van der Waals surface area contributed by atoms with Crippen molar-refractivity contribution in [3.63, 3.8) is 0 Å². The van der Waals surface area contributed by atoms with Gasteiger partial charge in [0.25, 0.3) is 0 Å². The fourth-order valence-electron chi connectivity index (χ4n) is 2.80. The molecule has 0 bridgehead atoms. The van der Waals surface area contributed by atoms with Crippen LogP contribution in [-0.2, 0) is 13.0 Å². The molecule has 3 rings (SSSR count). The monoisotopic (exact) mass is 494 g/mol. The van der Waals surface area contributed by atoms with Crippen molar-refractivity contribution in [2.75, 3.05) is 11.9 Å². The molecule has 0 saturated heterocycles. The quantitative estimate of drug-likeness (QED) is 0.386. The molecular formula is C22H18BrCl2FN2O. The second kappa shape index (κ2) is 10.1. The highest BCUT2D eigenvalue weighted by Crippen LogP contribution is 2.24. The average Bonchev–Trinajstić information content (AvgIpc) is 2.69. The first-order valence-electron chi connectivity index (χ1n) is 8.91. The van der Waals surface area contributed by atoms with Crippen LogP contribution < -0.4 is 5.32 Å². The Kier molecular flexibility index (Phi) is 7.53. The van der Waals surface area contributed by atoms with Crippen molar-refractivity contribution in [3.8, 4) is 0 Å². The number of carbonyl (C=O) groups is 1. The molecule has 0 aliphatic carbocycles. The molecule has 0 fully saturated rings. The first-order chi connectivity index (χ1) is 13.9. The third kappa shape index (κ3) is 6.20. The summed E-state index contributed by atoms with van der Waals surface area (Å²) in [7, 11) is 0. The molecule has 0 atom stereocenters. The second-order valence-corrected chi connectivity index (χ2v) is 8.14. The molecule has 0 aromatic heterocycles. The summed E-state index contributed by atoms with van der Waals surface area (Å²) in [5.74, 6) is -0.314. The minimum absolute atomic E-state index is 0.258. The van der Waals surface area contributed by atoms with Gasteiger partial charge < -0.3 is 10.2 Å². The highest BCUT2D eigenvalue weighted by Gasteiger charge is 2.16. The molecule has 7 heteroatoms. The summed E-state index contributed by atoms with van der Waals surface area (Å²) in [4.78, 5) is 14.6. The molecule has 150 valence electrons. The Balaban J connectivity index is 1.77. The van der Waals surface area contributed by atoms with E-state index < -0.39 is 0 Å². The van der Waals surface area contributed by atoms with Crippen LogP contribution in [0.2, 0.25) is 10.0 Å². The summed E-state index contributed by atoms with van der Waals surface area (Å²) < 4.78 is 14.0. The van der Waals surface area contributed by atoms with Crippen LogP contribution in [0.5, 0.6) is 0 Å². The number of nitrogens with zero attached hydrogens (tertiary/aromatic N) is 1. The van der Waals surface area contributed by atoms with Crippen LogP contribution >= 0.6 is 39.1 Å². The molecule has 0 unspecified atom stereocenters. The van der Waals surface area contributed by atoms with Crippen molar-refractivity contribution in [3.05, 3.63) is 98.2 Å². The first kappa shape index (κ1) is 21.6. The summed E-state index contributed by atoms with van der Waals surface area (Å²) in [6.07, 6.45) is 0.556. The van der Waals surface area contributed by atoms with Gasteiger partial charge in [0.1, 0.15) is 5.82 Å². The number of nitrogens with one attached hydrogen (secondary N) is 1. The van der Waals surface area contributed by atoms with Gasteiger partial charge >= 0.3 is 6.03 Å². The minimum atomic E-state index is -0.314. The SMILES string of the molecule is O=C(Nc1ccccc1Br)N(CCc1ccc(Cl)cc1Cl)Cc1ccc(F)cc1. The fourth-order valence-corrected chi connectivity index (χ4v) is 3.69. The molecule has 0 aliphatic rings. The van der Waals surface area contributed by atoms with Crippen LogP contribution in [0.4, 0.5) is 14.9 Å². The van der Waals surface area contributed by atoms with E-state index in [9.17, 15) is 9.18 Å². The lowest BCUT2D eigenvalue weighted by atomic mass is 10.1. The van der Waals surface area contributed by atoms with E-state index in [2.05, 4.69) is 21.2 Å². The maximum absolute atomic E-state index is 13.2. The van der Waals surface area contributed by atoms with Crippen molar-refractivity contribution >= 4 is 50.9 Å². The van der Waals surface area contributed by atoms with Gasteiger partial charge in [-0.2, -0.15) is 0 Å². The highest BCUT2D eigenvalue weighted by molar-refractivity contribution is 9.10. The summed E-state index contributed by atoms with van der Waals surface area (Å²) in [5.41, 5.74) is 2.40. The number of amides is 2. The van der Waals surface area contributed by atoms with E-state index in [1.807, 2.05) is 30.3 Å². The van der Waals surface area contributed by atoms with E-state index in [1.165, 1.54) is 12.1 Å². The molecule has 3 aromatic carbocycles. The van der Waals surface area contributed by atoms with Gasteiger partial charge in [0.15, 0.2) is 0 Å². The summed E-state index contributed by atoms with van der Waals surface area (Å²) in [5, 5.41) is 4.04. The van der Waals surface area contributed by atoms with E-state index in [0.717, 1.165) is 15.6 Å². The topological polar surface area (TPSA) is 32.3 Å². The third-order valence-electron chi connectivity index (χ3n) is 4.36. The molecule has 3 nitrogen and oxygen atoms in total. The van der Waals surface area contributed by atoms with Gasteiger partial charge in [-0.3, -0.25) is 0 Å². The number of urea groups is 1. The zero-order valence-corrected chi connectivity index (χ0v) is 18.4. The Morgan fingerprint density at radius 1 is 1.03 bits per heavy atom. The van der Waals surface area contributed by atoms with E-state index >= 15 is 0 Å². The lowest BCUT2D eigenvalue weighted by Gasteiger charge is -2.24. The van der Waals surface area contributed by atoms with E-state index in [1.54, 1.807) is 29.2 Å². The summed E-state index contributed by atoms with van der Waals surface area (Å²) in [6, 6.07) is 18.5. The second-order valence-electron chi connectivity index (χ2n) is 6.44. The summed E-state index contributed by atoms with van der Waals surface area (Å²) >= 11 is 15.7. The van der Waals surface area contributed by atoms with Crippen molar-refractivity contribution in [1.29, 1.82) is 0 Å². The molecule has 1 N–H and O–H groups in total. The van der Waals surface area contributed by atoms with Crippen LogP contribution in [0.1, 0.15) is 11.1 Å². The Labute approximate surface area is 187 Å². The van der Waals surface area contributed by atoms with Gasteiger partial charge in [-0.15, -0.1) is 0 Å². The maximum atomic E-state index is 13.2. The first-order valence-corrected chi connectivity index (χ1v) is 10.5. The Morgan fingerprint density at radius 3 is 2.45 bits per heavy atom. The molecule has 0 saturated carbocycles. The Hall–Kier alpha value is -2.08. The van der Waals surface area contributed by atoms with Gasteiger partial charge in [0.2, 0.25) is 0 Å². The van der Waals surface area contributed by atoms with E-state index in [4.69, 9.17) is 23.2 Å². The molecular weight excluding hydrogens is 478 g/mol. The van der Waals surface area contributed by atoms with E-state index in [0.29, 0.717) is 35.2 Å². The molecule has 3 aromatic rings. The number of benzene rings is 3. The molecule has 0 aliphatic heterocycles. The van der Waals surface area contributed by atoms with Gasteiger partial charge in [0, 0.05) is 27.6 Å². The predicted octanol–water partition coefficient (Wildman–Crippen LogP) is 7.17. The highest BCUT2D eigenvalue weighted by atomic mass is 79.9. The number of halogens is 4. The molecule has 0 radical (unpaired) electrons. The standard InChI is InChI=1S/C22H18BrCl2FN2O/c23-19-3-1-2-4-21(19)27-22(29)28(14-15-5-9-18(26)10-6-15)12-11-16-7-8-17(24)13-20(16)25/h1-10,13H,11-12,14H2,(H,27,29). The number of anilines is 1. The van der Waals surface area contributed by atoms with Crippen LogP contribution in [0, 0.1) is 5.82 Å². The van der Waals surface area contributed by atoms with E-state index in [-0.39, 0.29) is 11.8 Å². The zero-order chi connectivity index (χ0) is 20.8. The fraction of sp³-hybridized carbons (Fsp3) is 0.136. The number of hydrogen-bond acceptors (Lipinski definition) is 1. The van der Waals surface area contributed by atoms with Crippen LogP contribution in [0.3, 0.4) is 0 Å². The normalized spacial score (nSPS) is 10.6. The molecule has 29 heavy (non-hydrogen) atoms.